The summed E-state index contributed by atoms with van der Waals surface area (Å²) < 4.78 is 0. The normalized spacial score (nSPS) is 12.4. The van der Waals surface area contributed by atoms with E-state index in [4.69, 9.17) is 0 Å². The number of rotatable bonds is 2. The standard InChI is InChI=1S/C14H20O/c1-9(2)6-13(15)14-11(4)7-10(3)8-12(14)5/h6-8,13,15H,1-5H3. The summed E-state index contributed by atoms with van der Waals surface area (Å²) in [6, 6.07) is 4.23. The van der Waals surface area contributed by atoms with Gasteiger partial charge in [-0.1, -0.05) is 29.3 Å². The Morgan fingerprint density at radius 1 is 1.13 bits per heavy atom. The van der Waals surface area contributed by atoms with Gasteiger partial charge in [0.25, 0.3) is 0 Å². The third-order valence-corrected chi connectivity index (χ3v) is 2.53. The predicted molar refractivity (Wildman–Crippen MR) is 65.0 cm³/mol. The molecule has 1 nitrogen and oxygen atoms in total. The molecule has 1 heteroatoms. The molecule has 0 aliphatic rings. The number of hydrogen-bond acceptors (Lipinski definition) is 1. The van der Waals surface area contributed by atoms with Gasteiger partial charge in [-0.25, -0.2) is 0 Å². The molecule has 0 saturated carbocycles. The third-order valence-electron chi connectivity index (χ3n) is 2.53. The molecule has 0 aromatic heterocycles. The zero-order valence-corrected chi connectivity index (χ0v) is 10.3. The highest BCUT2D eigenvalue weighted by Crippen LogP contribution is 2.25. The van der Waals surface area contributed by atoms with Crippen molar-refractivity contribution in [1.29, 1.82) is 0 Å². The van der Waals surface area contributed by atoms with E-state index >= 15 is 0 Å². The van der Waals surface area contributed by atoms with Crippen LogP contribution in [0.5, 0.6) is 0 Å². The minimum atomic E-state index is -0.476. The predicted octanol–water partition coefficient (Wildman–Crippen LogP) is 3.61. The molecule has 1 aromatic rings. The van der Waals surface area contributed by atoms with Gasteiger partial charge in [0.2, 0.25) is 0 Å². The van der Waals surface area contributed by atoms with Crippen molar-refractivity contribution in [2.75, 3.05) is 0 Å². The molecular formula is C14H20O. The first-order valence-corrected chi connectivity index (χ1v) is 5.32. The number of hydrogen-bond donors (Lipinski definition) is 1. The quantitative estimate of drug-likeness (QED) is 0.730. The zero-order valence-electron chi connectivity index (χ0n) is 10.3. The average molecular weight is 204 g/mol. The van der Waals surface area contributed by atoms with Gasteiger partial charge < -0.3 is 5.11 Å². The summed E-state index contributed by atoms with van der Waals surface area (Å²) in [4.78, 5) is 0. The fourth-order valence-corrected chi connectivity index (χ4v) is 2.06. The first-order chi connectivity index (χ1) is 6.91. The molecule has 0 aliphatic heterocycles. The van der Waals surface area contributed by atoms with Gasteiger partial charge in [-0.15, -0.1) is 0 Å². The Hall–Kier alpha value is -1.08. The Morgan fingerprint density at radius 2 is 1.60 bits per heavy atom. The van der Waals surface area contributed by atoms with E-state index in [2.05, 4.69) is 32.9 Å². The van der Waals surface area contributed by atoms with Crippen molar-refractivity contribution < 1.29 is 5.11 Å². The molecule has 15 heavy (non-hydrogen) atoms. The lowest BCUT2D eigenvalue weighted by atomic mass is 9.95. The van der Waals surface area contributed by atoms with Gasteiger partial charge in [0, 0.05) is 0 Å². The maximum Gasteiger partial charge on any atom is 0.0979 e. The Morgan fingerprint density at radius 3 is 2.00 bits per heavy atom. The molecule has 0 fully saturated rings. The van der Waals surface area contributed by atoms with Crippen LogP contribution in [0.15, 0.2) is 23.8 Å². The fraction of sp³-hybridized carbons (Fsp3) is 0.429. The molecule has 0 radical (unpaired) electrons. The van der Waals surface area contributed by atoms with Crippen LogP contribution in [-0.4, -0.2) is 5.11 Å². The van der Waals surface area contributed by atoms with Gasteiger partial charge in [0.05, 0.1) is 6.10 Å². The SMILES string of the molecule is CC(C)=CC(O)c1c(C)cc(C)cc1C. The summed E-state index contributed by atoms with van der Waals surface area (Å²) in [6.07, 6.45) is 1.42. The van der Waals surface area contributed by atoms with Gasteiger partial charge in [-0.3, -0.25) is 0 Å². The van der Waals surface area contributed by atoms with E-state index in [1.54, 1.807) is 0 Å². The van der Waals surface area contributed by atoms with E-state index in [9.17, 15) is 5.11 Å². The van der Waals surface area contributed by atoms with E-state index < -0.39 is 6.10 Å². The number of benzene rings is 1. The second-order valence-corrected chi connectivity index (χ2v) is 4.50. The van der Waals surface area contributed by atoms with Crippen LogP contribution in [0.4, 0.5) is 0 Å². The van der Waals surface area contributed by atoms with Crippen LogP contribution in [0.25, 0.3) is 0 Å². The minimum Gasteiger partial charge on any atom is -0.384 e. The third kappa shape index (κ3) is 2.93. The van der Waals surface area contributed by atoms with Crippen molar-refractivity contribution in [2.45, 2.75) is 40.7 Å². The van der Waals surface area contributed by atoms with Crippen molar-refractivity contribution in [2.24, 2.45) is 0 Å². The monoisotopic (exact) mass is 204 g/mol. The maximum atomic E-state index is 10.1. The maximum absolute atomic E-state index is 10.1. The molecule has 0 saturated heterocycles. The van der Waals surface area contributed by atoms with Crippen molar-refractivity contribution in [1.82, 2.24) is 0 Å². The highest BCUT2D eigenvalue weighted by molar-refractivity contribution is 5.40. The second-order valence-electron chi connectivity index (χ2n) is 4.50. The average Bonchev–Trinajstić information content (AvgIpc) is 1.99. The van der Waals surface area contributed by atoms with Crippen LogP contribution in [0.1, 0.15) is 42.2 Å². The van der Waals surface area contributed by atoms with Crippen molar-refractivity contribution in [3.63, 3.8) is 0 Å². The van der Waals surface area contributed by atoms with Gasteiger partial charge >= 0.3 is 0 Å². The summed E-state index contributed by atoms with van der Waals surface area (Å²) in [5.74, 6) is 0. The molecule has 1 rings (SSSR count). The van der Waals surface area contributed by atoms with Crippen LogP contribution in [0, 0.1) is 20.8 Å². The van der Waals surface area contributed by atoms with Gasteiger partial charge in [0.15, 0.2) is 0 Å². The summed E-state index contributed by atoms with van der Waals surface area (Å²) in [5, 5.41) is 10.1. The van der Waals surface area contributed by atoms with E-state index in [-0.39, 0.29) is 0 Å². The smallest absolute Gasteiger partial charge is 0.0979 e. The highest BCUT2D eigenvalue weighted by atomic mass is 16.3. The molecule has 0 amide bonds. The summed E-state index contributed by atoms with van der Waals surface area (Å²) in [5.41, 5.74) is 5.76. The molecule has 1 N–H and O–H groups in total. The van der Waals surface area contributed by atoms with Gasteiger partial charge in [-0.05, 0) is 51.3 Å². The number of allylic oxidation sites excluding steroid dienone is 1. The highest BCUT2D eigenvalue weighted by Gasteiger charge is 2.10. The number of aliphatic hydroxyl groups is 1. The second kappa shape index (κ2) is 4.63. The van der Waals surface area contributed by atoms with Crippen LogP contribution in [0.3, 0.4) is 0 Å². The molecule has 0 heterocycles. The lowest BCUT2D eigenvalue weighted by Crippen LogP contribution is -2.01. The van der Waals surface area contributed by atoms with Crippen molar-refractivity contribution in [3.8, 4) is 0 Å². The van der Waals surface area contributed by atoms with E-state index in [1.165, 1.54) is 5.56 Å². The Balaban J connectivity index is 3.20. The molecule has 0 bridgehead atoms. The Kier molecular flexibility index (Phi) is 3.70. The first kappa shape index (κ1) is 12.0. The lowest BCUT2D eigenvalue weighted by Gasteiger charge is -2.15. The molecule has 0 aliphatic carbocycles. The molecule has 0 spiro atoms. The number of aliphatic hydroxyl groups excluding tert-OH is 1. The minimum absolute atomic E-state index is 0.476. The van der Waals surface area contributed by atoms with Gasteiger partial charge in [-0.2, -0.15) is 0 Å². The molecule has 1 aromatic carbocycles. The lowest BCUT2D eigenvalue weighted by molar-refractivity contribution is 0.226. The summed E-state index contributed by atoms with van der Waals surface area (Å²) >= 11 is 0. The first-order valence-electron chi connectivity index (χ1n) is 5.32. The molecule has 1 atom stereocenters. The van der Waals surface area contributed by atoms with Crippen LogP contribution >= 0.6 is 0 Å². The van der Waals surface area contributed by atoms with Gasteiger partial charge in [0.1, 0.15) is 0 Å². The Labute approximate surface area is 92.5 Å². The van der Waals surface area contributed by atoms with Crippen LogP contribution in [0.2, 0.25) is 0 Å². The molecule has 82 valence electrons. The van der Waals surface area contributed by atoms with Crippen LogP contribution in [-0.2, 0) is 0 Å². The van der Waals surface area contributed by atoms with E-state index in [1.807, 2.05) is 19.9 Å². The van der Waals surface area contributed by atoms with E-state index in [0.29, 0.717) is 0 Å². The fourth-order valence-electron chi connectivity index (χ4n) is 2.06. The molecule has 1 unspecified atom stereocenters. The number of aryl methyl sites for hydroxylation is 3. The van der Waals surface area contributed by atoms with Crippen molar-refractivity contribution >= 4 is 0 Å². The summed E-state index contributed by atoms with van der Waals surface area (Å²) in [7, 11) is 0. The zero-order chi connectivity index (χ0) is 11.6. The van der Waals surface area contributed by atoms with Crippen LogP contribution < -0.4 is 0 Å². The summed E-state index contributed by atoms with van der Waals surface area (Å²) in [6.45, 7) is 10.2. The molecular weight excluding hydrogens is 184 g/mol. The van der Waals surface area contributed by atoms with E-state index in [0.717, 1.165) is 22.3 Å². The topological polar surface area (TPSA) is 20.2 Å². The van der Waals surface area contributed by atoms with Crippen molar-refractivity contribution in [3.05, 3.63) is 46.0 Å². The largest absolute Gasteiger partial charge is 0.384 e. The Bertz CT molecular complexity index is 361.